The van der Waals surface area contributed by atoms with Crippen LogP contribution in [0.3, 0.4) is 0 Å². The molecule has 2 N–H and O–H groups in total. The number of hydrogen-bond acceptors (Lipinski definition) is 3. The predicted octanol–water partition coefficient (Wildman–Crippen LogP) is 2.47. The Morgan fingerprint density at radius 1 is 1.25 bits per heavy atom. The van der Waals surface area contributed by atoms with Crippen molar-refractivity contribution in [3.63, 3.8) is 0 Å². The number of rotatable bonds is 1. The van der Waals surface area contributed by atoms with Crippen LogP contribution in [0.25, 0.3) is 22.7 Å². The molecule has 0 atom stereocenters. The van der Waals surface area contributed by atoms with E-state index in [0.717, 1.165) is 23.4 Å². The largest absolute Gasteiger partial charge is 0.366 e. The number of allylic oxidation sites excluding steroid dienone is 5. The second-order valence-corrected chi connectivity index (χ2v) is 4.88. The lowest BCUT2D eigenvalue weighted by molar-refractivity contribution is 0.100. The predicted molar refractivity (Wildman–Crippen MR) is 77.8 cm³/mol. The standard InChI is InChI=1S/C16H11N3O/c17-16(20)11-6-3-7-12-15(11)19-14-10-5-2-1-4-9(10)8-13(14)18-12/h1-3,5-8H,4H2,(H2,17,20). The molecule has 1 aromatic carbocycles. The Morgan fingerprint density at radius 3 is 3.00 bits per heavy atom. The number of nitrogens with two attached hydrogens (primary N) is 1. The minimum absolute atomic E-state index is 0.415. The number of amides is 1. The van der Waals surface area contributed by atoms with Gasteiger partial charge in [0.1, 0.15) is 5.52 Å². The lowest BCUT2D eigenvalue weighted by Gasteiger charge is -2.08. The molecule has 1 aromatic heterocycles. The van der Waals surface area contributed by atoms with Gasteiger partial charge in [-0.2, -0.15) is 0 Å². The van der Waals surface area contributed by atoms with Gasteiger partial charge in [0.25, 0.3) is 5.91 Å². The van der Waals surface area contributed by atoms with E-state index in [1.807, 2.05) is 18.2 Å². The van der Waals surface area contributed by atoms with Crippen LogP contribution in [0, 0.1) is 0 Å². The van der Waals surface area contributed by atoms with Crippen molar-refractivity contribution in [1.29, 1.82) is 0 Å². The van der Waals surface area contributed by atoms with E-state index >= 15 is 0 Å². The quantitative estimate of drug-likeness (QED) is 0.857. The number of carbonyl (C=O) groups excluding carboxylic acids is 1. The van der Waals surface area contributed by atoms with Gasteiger partial charge in [-0.05, 0) is 30.2 Å². The molecule has 4 rings (SSSR count). The number of fused-ring (bicyclic) bond motifs is 4. The smallest absolute Gasteiger partial charge is 0.250 e. The van der Waals surface area contributed by atoms with Gasteiger partial charge < -0.3 is 5.73 Å². The Labute approximate surface area is 115 Å². The molecule has 4 heteroatoms. The first-order valence-electron chi connectivity index (χ1n) is 6.43. The van der Waals surface area contributed by atoms with Gasteiger partial charge in [0.2, 0.25) is 0 Å². The van der Waals surface area contributed by atoms with E-state index in [1.165, 1.54) is 5.57 Å². The molecular weight excluding hydrogens is 250 g/mol. The fraction of sp³-hybridized carbons (Fsp3) is 0.0625. The van der Waals surface area contributed by atoms with Crippen LogP contribution >= 0.6 is 0 Å². The number of nitrogens with zero attached hydrogens (tertiary/aromatic N) is 2. The van der Waals surface area contributed by atoms with Crippen LogP contribution in [0.2, 0.25) is 0 Å². The van der Waals surface area contributed by atoms with Crippen LogP contribution in [0.1, 0.15) is 28.2 Å². The minimum atomic E-state index is -0.478. The highest BCUT2D eigenvalue weighted by molar-refractivity contribution is 6.05. The van der Waals surface area contributed by atoms with Crippen LogP contribution in [0.5, 0.6) is 0 Å². The fourth-order valence-electron chi connectivity index (χ4n) is 2.70. The van der Waals surface area contributed by atoms with Gasteiger partial charge in [-0.25, -0.2) is 9.97 Å². The van der Waals surface area contributed by atoms with Gasteiger partial charge in [-0.15, -0.1) is 0 Å². The van der Waals surface area contributed by atoms with Crippen molar-refractivity contribution in [2.45, 2.75) is 6.42 Å². The first-order valence-corrected chi connectivity index (χ1v) is 6.43. The van der Waals surface area contributed by atoms with E-state index in [-0.39, 0.29) is 0 Å². The van der Waals surface area contributed by atoms with Crippen LogP contribution in [-0.2, 0) is 0 Å². The normalized spacial score (nSPS) is 15.6. The van der Waals surface area contributed by atoms with Crippen LogP contribution < -0.4 is 5.73 Å². The summed E-state index contributed by atoms with van der Waals surface area (Å²) in [7, 11) is 0. The van der Waals surface area contributed by atoms with Gasteiger partial charge in [0, 0.05) is 5.57 Å². The molecular formula is C16H11N3O. The number of benzene rings is 1. The molecule has 20 heavy (non-hydrogen) atoms. The van der Waals surface area contributed by atoms with Crippen molar-refractivity contribution >= 4 is 28.6 Å². The van der Waals surface area contributed by atoms with E-state index in [0.29, 0.717) is 16.6 Å². The summed E-state index contributed by atoms with van der Waals surface area (Å²) in [5, 5.41) is 0. The zero-order chi connectivity index (χ0) is 13.7. The molecule has 1 heterocycles. The summed E-state index contributed by atoms with van der Waals surface area (Å²) in [6.07, 6.45) is 9.12. The molecule has 4 nitrogen and oxygen atoms in total. The zero-order valence-corrected chi connectivity index (χ0v) is 10.6. The molecule has 96 valence electrons. The van der Waals surface area contributed by atoms with E-state index in [2.05, 4.69) is 22.1 Å². The summed E-state index contributed by atoms with van der Waals surface area (Å²) in [4.78, 5) is 20.8. The minimum Gasteiger partial charge on any atom is -0.366 e. The van der Waals surface area contributed by atoms with Crippen molar-refractivity contribution in [1.82, 2.24) is 9.97 Å². The SMILES string of the molecule is NC(=O)c1cccc2nc3c(nc12)C1=CC=CCC1=C3. The third-order valence-corrected chi connectivity index (χ3v) is 3.64. The zero-order valence-electron chi connectivity index (χ0n) is 10.6. The maximum atomic E-state index is 11.5. The van der Waals surface area contributed by atoms with Crippen LogP contribution in [0.4, 0.5) is 0 Å². The lowest BCUT2D eigenvalue weighted by atomic mass is 10.0. The number of para-hydroxylation sites is 1. The Bertz CT molecular complexity index is 859. The van der Waals surface area contributed by atoms with Gasteiger partial charge >= 0.3 is 0 Å². The maximum absolute atomic E-state index is 11.5. The third-order valence-electron chi connectivity index (χ3n) is 3.64. The molecule has 2 aliphatic rings. The van der Waals surface area contributed by atoms with Gasteiger partial charge in [-0.3, -0.25) is 4.79 Å². The molecule has 2 aromatic rings. The Kier molecular flexibility index (Phi) is 2.15. The second kappa shape index (κ2) is 3.87. The van der Waals surface area contributed by atoms with Crippen LogP contribution in [-0.4, -0.2) is 15.9 Å². The summed E-state index contributed by atoms with van der Waals surface area (Å²) >= 11 is 0. The number of aromatic nitrogens is 2. The third kappa shape index (κ3) is 1.45. The topological polar surface area (TPSA) is 68.9 Å². The average molecular weight is 261 g/mol. The maximum Gasteiger partial charge on any atom is 0.250 e. The number of hydrogen-bond donors (Lipinski definition) is 1. The molecule has 0 spiro atoms. The van der Waals surface area contributed by atoms with Gasteiger partial charge in [0.15, 0.2) is 0 Å². The molecule has 0 saturated carbocycles. The van der Waals surface area contributed by atoms with E-state index in [1.54, 1.807) is 12.1 Å². The van der Waals surface area contributed by atoms with E-state index < -0.39 is 5.91 Å². The highest BCUT2D eigenvalue weighted by atomic mass is 16.1. The second-order valence-electron chi connectivity index (χ2n) is 4.88. The van der Waals surface area contributed by atoms with E-state index in [9.17, 15) is 4.79 Å². The summed E-state index contributed by atoms with van der Waals surface area (Å²) in [6, 6.07) is 5.31. The number of primary amides is 1. The van der Waals surface area contributed by atoms with E-state index in [4.69, 9.17) is 5.73 Å². The summed E-state index contributed by atoms with van der Waals surface area (Å²) in [5.74, 6) is -0.478. The molecule has 0 aliphatic heterocycles. The molecule has 0 unspecified atom stereocenters. The van der Waals surface area contributed by atoms with Crippen molar-refractivity contribution in [2.75, 3.05) is 0 Å². The summed E-state index contributed by atoms with van der Waals surface area (Å²) in [6.45, 7) is 0. The monoisotopic (exact) mass is 261 g/mol. The van der Waals surface area contributed by atoms with Gasteiger partial charge in [-0.1, -0.05) is 24.3 Å². The molecule has 0 radical (unpaired) electrons. The molecule has 0 bridgehead atoms. The van der Waals surface area contributed by atoms with Crippen LogP contribution in [0.15, 0.2) is 42.0 Å². The Balaban J connectivity index is 2.04. The van der Waals surface area contributed by atoms with Crippen molar-refractivity contribution in [2.24, 2.45) is 5.73 Å². The first kappa shape index (κ1) is 11.1. The molecule has 0 saturated heterocycles. The summed E-state index contributed by atoms with van der Waals surface area (Å²) < 4.78 is 0. The van der Waals surface area contributed by atoms with Crippen molar-refractivity contribution in [3.05, 3.63) is 59.0 Å². The Morgan fingerprint density at radius 2 is 2.15 bits per heavy atom. The van der Waals surface area contributed by atoms with Crippen molar-refractivity contribution in [3.8, 4) is 0 Å². The van der Waals surface area contributed by atoms with Gasteiger partial charge in [0.05, 0.1) is 22.5 Å². The molecule has 1 amide bonds. The summed E-state index contributed by atoms with van der Waals surface area (Å²) in [5.41, 5.74) is 11.1. The average Bonchev–Trinajstić information content (AvgIpc) is 2.81. The molecule has 0 fully saturated rings. The number of carbonyl (C=O) groups is 1. The lowest BCUT2D eigenvalue weighted by Crippen LogP contribution is -2.12. The van der Waals surface area contributed by atoms with Crippen molar-refractivity contribution < 1.29 is 4.79 Å². The molecule has 2 aliphatic carbocycles. The Hall–Kier alpha value is -2.75. The highest BCUT2D eigenvalue weighted by Gasteiger charge is 2.23. The highest BCUT2D eigenvalue weighted by Crippen LogP contribution is 2.38. The first-order chi connectivity index (χ1) is 9.74. The fourth-order valence-corrected chi connectivity index (χ4v) is 2.70.